The molecule has 0 aromatic heterocycles. The lowest BCUT2D eigenvalue weighted by Crippen LogP contribution is -2.53. The highest BCUT2D eigenvalue weighted by molar-refractivity contribution is 5.84. The van der Waals surface area contributed by atoms with E-state index >= 15 is 0 Å². The zero-order valence-corrected chi connectivity index (χ0v) is 10.8. The minimum absolute atomic E-state index is 0.238. The lowest BCUT2D eigenvalue weighted by molar-refractivity contribution is -0.151. The van der Waals surface area contributed by atoms with Crippen molar-refractivity contribution in [1.82, 2.24) is 15.5 Å². The smallest absolute Gasteiger partial charge is 0.232 e. The second-order valence-corrected chi connectivity index (χ2v) is 5.16. The first kappa shape index (κ1) is 12.8. The molecule has 0 aromatic carbocycles. The Morgan fingerprint density at radius 3 is 3.24 bits per heavy atom. The van der Waals surface area contributed by atoms with Crippen molar-refractivity contribution in [3.8, 4) is 0 Å². The number of carbonyl (C=O) groups is 1. The molecule has 2 rings (SSSR count). The summed E-state index contributed by atoms with van der Waals surface area (Å²) in [5.41, 5.74) is -0.305. The van der Waals surface area contributed by atoms with Gasteiger partial charge in [-0.25, -0.2) is 0 Å². The summed E-state index contributed by atoms with van der Waals surface area (Å²) in [7, 11) is 3.79. The minimum Gasteiger partial charge on any atom is -0.380 e. The molecule has 5 nitrogen and oxygen atoms in total. The van der Waals surface area contributed by atoms with E-state index in [1.165, 1.54) is 0 Å². The largest absolute Gasteiger partial charge is 0.380 e. The van der Waals surface area contributed by atoms with E-state index in [9.17, 15) is 4.79 Å². The standard InChI is InChI=1S/C12H23N3O2/c1-13-4-5-15(2)11(16)12-8-14-7-10(12)3-6-17-9-12/h10,13-14H,3-9H2,1-2H3/t10-,12+/m1/s1. The first-order valence-electron chi connectivity index (χ1n) is 6.39. The highest BCUT2D eigenvalue weighted by atomic mass is 16.5. The molecule has 2 fully saturated rings. The maximum atomic E-state index is 12.6. The van der Waals surface area contributed by atoms with Gasteiger partial charge >= 0.3 is 0 Å². The van der Waals surface area contributed by atoms with Crippen molar-refractivity contribution in [3.05, 3.63) is 0 Å². The van der Waals surface area contributed by atoms with Gasteiger partial charge in [0.2, 0.25) is 5.91 Å². The van der Waals surface area contributed by atoms with Crippen LogP contribution in [0.1, 0.15) is 6.42 Å². The van der Waals surface area contributed by atoms with E-state index in [2.05, 4.69) is 10.6 Å². The lowest BCUT2D eigenvalue weighted by Gasteiger charge is -2.39. The predicted octanol–water partition coefficient (Wildman–Crippen LogP) is -0.710. The molecule has 0 unspecified atom stereocenters. The molecule has 17 heavy (non-hydrogen) atoms. The van der Waals surface area contributed by atoms with Crippen LogP contribution in [0.25, 0.3) is 0 Å². The third-order valence-corrected chi connectivity index (χ3v) is 4.05. The zero-order valence-electron chi connectivity index (χ0n) is 10.8. The van der Waals surface area contributed by atoms with Gasteiger partial charge < -0.3 is 20.3 Å². The van der Waals surface area contributed by atoms with E-state index in [0.717, 1.165) is 39.2 Å². The molecule has 2 aliphatic heterocycles. The van der Waals surface area contributed by atoms with Gasteiger partial charge in [0.1, 0.15) is 0 Å². The summed E-state index contributed by atoms with van der Waals surface area (Å²) in [6.07, 6.45) is 0.999. The fourth-order valence-corrected chi connectivity index (χ4v) is 2.91. The SMILES string of the molecule is CNCCN(C)C(=O)[C@]12CNC[C@H]1CCOC2. The van der Waals surface area contributed by atoms with Crippen LogP contribution >= 0.6 is 0 Å². The van der Waals surface area contributed by atoms with Gasteiger partial charge in [-0.3, -0.25) is 4.79 Å². The van der Waals surface area contributed by atoms with E-state index < -0.39 is 0 Å². The summed E-state index contributed by atoms with van der Waals surface area (Å²) in [5.74, 6) is 0.684. The number of ether oxygens (including phenoxy) is 1. The van der Waals surface area contributed by atoms with Crippen LogP contribution in [0, 0.1) is 11.3 Å². The lowest BCUT2D eigenvalue weighted by atomic mass is 9.74. The second-order valence-electron chi connectivity index (χ2n) is 5.16. The fourth-order valence-electron chi connectivity index (χ4n) is 2.91. The Morgan fingerprint density at radius 1 is 1.65 bits per heavy atom. The molecule has 2 heterocycles. The summed E-state index contributed by atoms with van der Waals surface area (Å²) in [4.78, 5) is 14.4. The van der Waals surface area contributed by atoms with Gasteiger partial charge in [-0.15, -0.1) is 0 Å². The number of amides is 1. The van der Waals surface area contributed by atoms with Crippen molar-refractivity contribution in [2.45, 2.75) is 6.42 Å². The third kappa shape index (κ3) is 2.32. The van der Waals surface area contributed by atoms with E-state index in [0.29, 0.717) is 12.5 Å². The first-order valence-corrected chi connectivity index (χ1v) is 6.39. The van der Waals surface area contributed by atoms with Gasteiger partial charge in [0.05, 0.1) is 12.0 Å². The summed E-state index contributed by atoms with van der Waals surface area (Å²) in [6, 6.07) is 0. The molecule has 2 aliphatic rings. The molecule has 0 aliphatic carbocycles. The van der Waals surface area contributed by atoms with Crippen molar-refractivity contribution >= 4 is 5.91 Å². The van der Waals surface area contributed by atoms with Crippen LogP contribution in [-0.2, 0) is 9.53 Å². The Bertz CT molecular complexity index is 285. The molecule has 2 N–H and O–H groups in total. The van der Waals surface area contributed by atoms with Crippen LogP contribution in [0.5, 0.6) is 0 Å². The molecule has 0 radical (unpaired) electrons. The summed E-state index contributed by atoms with van der Waals surface area (Å²) < 4.78 is 5.56. The molecular formula is C12H23N3O2. The van der Waals surface area contributed by atoms with Gasteiger partial charge in [0.25, 0.3) is 0 Å². The number of hydrogen-bond acceptors (Lipinski definition) is 4. The quantitative estimate of drug-likeness (QED) is 0.683. The van der Waals surface area contributed by atoms with Gasteiger partial charge in [-0.2, -0.15) is 0 Å². The average Bonchev–Trinajstić information content (AvgIpc) is 2.79. The highest BCUT2D eigenvalue weighted by Gasteiger charge is 2.51. The molecule has 2 saturated heterocycles. The number of nitrogens with one attached hydrogen (secondary N) is 2. The minimum atomic E-state index is -0.305. The molecule has 1 amide bonds. The third-order valence-electron chi connectivity index (χ3n) is 4.05. The van der Waals surface area contributed by atoms with Crippen LogP contribution in [0.2, 0.25) is 0 Å². The van der Waals surface area contributed by atoms with Crippen molar-refractivity contribution < 1.29 is 9.53 Å². The van der Waals surface area contributed by atoms with E-state index in [4.69, 9.17) is 4.74 Å². The normalized spacial score (nSPS) is 32.2. The number of rotatable bonds is 4. The van der Waals surface area contributed by atoms with Gasteiger partial charge in [-0.05, 0) is 25.9 Å². The Labute approximate surface area is 103 Å². The van der Waals surface area contributed by atoms with E-state index in [-0.39, 0.29) is 11.3 Å². The van der Waals surface area contributed by atoms with Crippen LogP contribution in [0.3, 0.4) is 0 Å². The molecule has 5 heteroatoms. The molecule has 0 bridgehead atoms. The number of hydrogen-bond donors (Lipinski definition) is 2. The molecule has 0 spiro atoms. The maximum Gasteiger partial charge on any atom is 0.232 e. The molecule has 0 aromatic rings. The number of carbonyl (C=O) groups excluding carboxylic acids is 1. The van der Waals surface area contributed by atoms with Crippen molar-refractivity contribution in [2.24, 2.45) is 11.3 Å². The van der Waals surface area contributed by atoms with Crippen LogP contribution in [0.15, 0.2) is 0 Å². The van der Waals surface area contributed by atoms with Gasteiger partial charge in [-0.1, -0.05) is 0 Å². The topological polar surface area (TPSA) is 53.6 Å². The summed E-state index contributed by atoms with van der Waals surface area (Å²) in [6.45, 7) is 4.67. The predicted molar refractivity (Wildman–Crippen MR) is 65.8 cm³/mol. The summed E-state index contributed by atoms with van der Waals surface area (Å²) in [5, 5.41) is 6.43. The molecule has 0 saturated carbocycles. The summed E-state index contributed by atoms with van der Waals surface area (Å²) >= 11 is 0. The Kier molecular flexibility index (Phi) is 4.01. The number of nitrogens with zero attached hydrogens (tertiary/aromatic N) is 1. The maximum absolute atomic E-state index is 12.6. The molecule has 2 atom stereocenters. The van der Waals surface area contributed by atoms with E-state index in [1.54, 1.807) is 0 Å². The fraction of sp³-hybridized carbons (Fsp3) is 0.917. The monoisotopic (exact) mass is 241 g/mol. The van der Waals surface area contributed by atoms with E-state index in [1.807, 2.05) is 19.0 Å². The van der Waals surface area contributed by atoms with Crippen LogP contribution in [-0.4, -0.2) is 64.3 Å². The van der Waals surface area contributed by atoms with Crippen molar-refractivity contribution in [3.63, 3.8) is 0 Å². The Morgan fingerprint density at radius 2 is 2.47 bits per heavy atom. The Balaban J connectivity index is 2.05. The zero-order chi connectivity index (χ0) is 12.3. The number of fused-ring (bicyclic) bond motifs is 1. The molecular weight excluding hydrogens is 218 g/mol. The van der Waals surface area contributed by atoms with Gasteiger partial charge in [0, 0.05) is 33.3 Å². The van der Waals surface area contributed by atoms with Gasteiger partial charge in [0.15, 0.2) is 0 Å². The first-order chi connectivity index (χ1) is 8.20. The molecule has 98 valence electrons. The average molecular weight is 241 g/mol. The highest BCUT2D eigenvalue weighted by Crippen LogP contribution is 2.38. The second kappa shape index (κ2) is 5.33. The van der Waals surface area contributed by atoms with Crippen LogP contribution < -0.4 is 10.6 Å². The van der Waals surface area contributed by atoms with Crippen molar-refractivity contribution in [2.75, 3.05) is 53.5 Å². The van der Waals surface area contributed by atoms with Crippen LogP contribution in [0.4, 0.5) is 0 Å². The number of likely N-dealkylation sites (N-methyl/N-ethyl adjacent to an activating group) is 2. The van der Waals surface area contributed by atoms with Crippen molar-refractivity contribution in [1.29, 1.82) is 0 Å². The Hall–Kier alpha value is -0.650.